The maximum Gasteiger partial charge on any atom is 0.438 e. The average Bonchev–Trinajstić information content (AvgIpc) is 3.05. The van der Waals surface area contributed by atoms with Gasteiger partial charge in [-0.3, -0.25) is 4.79 Å². The Kier molecular flexibility index (Phi) is 5.04. The van der Waals surface area contributed by atoms with Crippen LogP contribution in [-0.2, 0) is 14.8 Å². The molecule has 0 spiro atoms. The molecule has 0 unspecified atom stereocenters. The Morgan fingerprint density at radius 3 is 2.56 bits per heavy atom. The highest BCUT2D eigenvalue weighted by molar-refractivity contribution is 7.89. The van der Waals surface area contributed by atoms with Crippen LogP contribution in [0.15, 0.2) is 40.3 Å². The zero-order valence-electron chi connectivity index (χ0n) is 14.1. The fraction of sp³-hybridized carbons (Fsp3) is 0.500. The molecular formula is C16H18F3N3O4S. The zero-order valence-corrected chi connectivity index (χ0v) is 14.9. The lowest BCUT2D eigenvalue weighted by molar-refractivity contribution is -0.303. The lowest BCUT2D eigenvalue weighted by Gasteiger charge is -2.37. The van der Waals surface area contributed by atoms with Gasteiger partial charge in [-0.05, 0) is 25.0 Å². The summed E-state index contributed by atoms with van der Waals surface area (Å²) in [5.41, 5.74) is -3.40. The first-order valence-electron chi connectivity index (χ1n) is 8.28. The molecule has 7 nitrogen and oxygen atoms in total. The van der Waals surface area contributed by atoms with Gasteiger partial charge in [-0.15, -0.1) is 0 Å². The number of carbonyl (C=O) groups is 1. The lowest BCUT2D eigenvalue weighted by atomic mass is 9.97. The van der Waals surface area contributed by atoms with E-state index in [1.165, 1.54) is 12.1 Å². The van der Waals surface area contributed by atoms with E-state index in [0.717, 1.165) is 10.5 Å². The van der Waals surface area contributed by atoms with Crippen LogP contribution in [0.2, 0.25) is 0 Å². The van der Waals surface area contributed by atoms with Crippen LogP contribution >= 0.6 is 0 Å². The van der Waals surface area contributed by atoms with Crippen molar-refractivity contribution < 1.29 is 31.5 Å². The Morgan fingerprint density at radius 2 is 1.93 bits per heavy atom. The zero-order chi connectivity index (χ0) is 19.9. The summed E-state index contributed by atoms with van der Waals surface area (Å²) in [6.45, 7) is -0.107. The van der Waals surface area contributed by atoms with Crippen molar-refractivity contribution >= 4 is 22.1 Å². The predicted molar refractivity (Wildman–Crippen MR) is 88.9 cm³/mol. The van der Waals surface area contributed by atoms with Crippen molar-refractivity contribution in [3.05, 3.63) is 30.3 Å². The van der Waals surface area contributed by atoms with Crippen molar-refractivity contribution in [2.24, 2.45) is 11.0 Å². The topological polar surface area (TPSA) is 90.3 Å². The number of amides is 1. The molecule has 0 radical (unpaired) electrons. The Morgan fingerprint density at radius 1 is 1.26 bits per heavy atom. The van der Waals surface area contributed by atoms with Crippen molar-refractivity contribution in [1.29, 1.82) is 0 Å². The summed E-state index contributed by atoms with van der Waals surface area (Å²) >= 11 is 0. The summed E-state index contributed by atoms with van der Waals surface area (Å²) in [7, 11) is -3.87. The van der Waals surface area contributed by atoms with E-state index in [-0.39, 0.29) is 29.4 Å². The van der Waals surface area contributed by atoms with E-state index in [0.29, 0.717) is 6.42 Å². The summed E-state index contributed by atoms with van der Waals surface area (Å²) in [6.07, 6.45) is -4.60. The largest absolute Gasteiger partial charge is 0.438 e. The minimum absolute atomic E-state index is 0.0380. The third-order valence-electron chi connectivity index (χ3n) is 4.70. The number of carbonyl (C=O) groups excluding carboxylic acids is 1. The quantitative estimate of drug-likeness (QED) is 0.826. The van der Waals surface area contributed by atoms with Gasteiger partial charge >= 0.3 is 6.18 Å². The maximum atomic E-state index is 13.2. The Hall–Kier alpha value is -1.98. The van der Waals surface area contributed by atoms with Gasteiger partial charge < -0.3 is 5.11 Å². The van der Waals surface area contributed by atoms with E-state index < -0.39 is 40.2 Å². The first kappa shape index (κ1) is 19.8. The molecule has 2 atom stereocenters. The van der Waals surface area contributed by atoms with Crippen LogP contribution in [0.25, 0.3) is 0 Å². The monoisotopic (exact) mass is 405 g/mol. The Labute approximate surface area is 154 Å². The highest BCUT2D eigenvalue weighted by Gasteiger charge is 2.62. The average molecular weight is 405 g/mol. The molecule has 1 amide bonds. The van der Waals surface area contributed by atoms with Crippen molar-refractivity contribution in [2.75, 3.05) is 13.1 Å². The van der Waals surface area contributed by atoms with Crippen molar-refractivity contribution in [1.82, 2.24) is 9.31 Å². The minimum atomic E-state index is -5.08. The lowest BCUT2D eigenvalue weighted by Crippen LogP contribution is -2.58. The second-order valence-electron chi connectivity index (χ2n) is 6.48. The number of rotatable bonds is 3. The first-order chi connectivity index (χ1) is 12.6. The molecule has 2 aliphatic rings. The molecule has 1 saturated heterocycles. The van der Waals surface area contributed by atoms with E-state index >= 15 is 0 Å². The van der Waals surface area contributed by atoms with Gasteiger partial charge in [-0.2, -0.15) is 27.6 Å². The van der Waals surface area contributed by atoms with Crippen LogP contribution in [0, 0.1) is 5.92 Å². The summed E-state index contributed by atoms with van der Waals surface area (Å²) in [4.78, 5) is 12.6. The number of halogens is 3. The van der Waals surface area contributed by atoms with Gasteiger partial charge in [0.1, 0.15) is 0 Å². The van der Waals surface area contributed by atoms with Gasteiger partial charge in [-0.25, -0.2) is 8.42 Å². The molecule has 1 N–H and O–H groups in total. The van der Waals surface area contributed by atoms with Crippen LogP contribution in [-0.4, -0.2) is 60.0 Å². The standard InChI is InChI=1S/C16H18F3N3O4S/c17-16(18,19)15(24)8-9-20-22(15)14(23)12-5-4-10-21(11-12)27(25,26)13-6-2-1-3-7-13/h1-3,6-7,9,12,24H,4-5,8,10-11H2/t12-,15+/m1/s1. The SMILES string of the molecule is O=C([C@@H]1CCCN(S(=O)(=O)c2ccccc2)C1)N1N=CC[C@]1(O)C(F)(F)F. The fourth-order valence-corrected chi connectivity index (χ4v) is 4.73. The number of aliphatic hydroxyl groups is 1. The smallest absolute Gasteiger partial charge is 0.362 e. The number of nitrogens with zero attached hydrogens (tertiary/aromatic N) is 3. The molecule has 0 saturated carbocycles. The third-order valence-corrected chi connectivity index (χ3v) is 6.58. The minimum Gasteiger partial charge on any atom is -0.362 e. The molecule has 27 heavy (non-hydrogen) atoms. The van der Waals surface area contributed by atoms with Gasteiger partial charge in [0.15, 0.2) is 0 Å². The molecule has 148 valence electrons. The highest BCUT2D eigenvalue weighted by atomic mass is 32.2. The van der Waals surface area contributed by atoms with Crippen LogP contribution in [0.1, 0.15) is 19.3 Å². The molecule has 1 aromatic carbocycles. The molecule has 0 aliphatic carbocycles. The normalized spacial score (nSPS) is 27.1. The van der Waals surface area contributed by atoms with E-state index in [4.69, 9.17) is 0 Å². The molecule has 1 fully saturated rings. The van der Waals surface area contributed by atoms with Gasteiger partial charge in [0.25, 0.3) is 5.72 Å². The second-order valence-corrected chi connectivity index (χ2v) is 8.42. The highest BCUT2D eigenvalue weighted by Crippen LogP contribution is 2.40. The summed E-state index contributed by atoms with van der Waals surface area (Å²) < 4.78 is 66.0. The maximum absolute atomic E-state index is 13.2. The number of sulfonamides is 1. The second kappa shape index (κ2) is 6.88. The molecular weight excluding hydrogens is 387 g/mol. The molecule has 0 aromatic heterocycles. The molecule has 0 bridgehead atoms. The molecule has 2 heterocycles. The van der Waals surface area contributed by atoms with Gasteiger partial charge in [0.05, 0.1) is 10.8 Å². The molecule has 1 aromatic rings. The van der Waals surface area contributed by atoms with E-state index in [9.17, 15) is 31.5 Å². The first-order valence-corrected chi connectivity index (χ1v) is 9.72. The molecule has 3 rings (SSSR count). The van der Waals surface area contributed by atoms with Crippen molar-refractivity contribution in [3.8, 4) is 0 Å². The van der Waals surface area contributed by atoms with Crippen LogP contribution in [0.5, 0.6) is 0 Å². The summed E-state index contributed by atoms with van der Waals surface area (Å²) in [5.74, 6) is -2.07. The summed E-state index contributed by atoms with van der Waals surface area (Å²) in [5, 5.41) is 13.4. The Bertz CT molecular complexity index is 844. The molecule has 11 heteroatoms. The number of benzene rings is 1. The number of hydrogen-bond donors (Lipinski definition) is 1. The predicted octanol–water partition coefficient (Wildman–Crippen LogP) is 1.56. The number of hydrogen-bond acceptors (Lipinski definition) is 5. The van der Waals surface area contributed by atoms with E-state index in [1.807, 2.05) is 0 Å². The van der Waals surface area contributed by atoms with Gasteiger partial charge in [0.2, 0.25) is 15.9 Å². The van der Waals surface area contributed by atoms with Crippen LogP contribution in [0.4, 0.5) is 13.2 Å². The van der Waals surface area contributed by atoms with Crippen LogP contribution in [0.3, 0.4) is 0 Å². The number of hydrazone groups is 1. The van der Waals surface area contributed by atoms with Gasteiger partial charge in [0, 0.05) is 25.7 Å². The third kappa shape index (κ3) is 3.46. The fourth-order valence-electron chi connectivity index (χ4n) is 3.18. The van der Waals surface area contributed by atoms with Gasteiger partial charge in [-0.1, -0.05) is 18.2 Å². The number of alkyl halides is 3. The van der Waals surface area contributed by atoms with Crippen molar-refractivity contribution in [2.45, 2.75) is 36.1 Å². The summed E-state index contributed by atoms with van der Waals surface area (Å²) in [6, 6.07) is 7.59. The van der Waals surface area contributed by atoms with E-state index in [1.54, 1.807) is 18.2 Å². The van der Waals surface area contributed by atoms with Crippen molar-refractivity contribution in [3.63, 3.8) is 0 Å². The van der Waals surface area contributed by atoms with E-state index in [2.05, 4.69) is 5.10 Å². The van der Waals surface area contributed by atoms with Crippen LogP contribution < -0.4 is 0 Å². The molecule has 2 aliphatic heterocycles. The Balaban J connectivity index is 1.81. The number of piperidine rings is 1.